The first-order valence-corrected chi connectivity index (χ1v) is 18.8. The summed E-state index contributed by atoms with van der Waals surface area (Å²) in [6.07, 6.45) is 0. The Balaban J connectivity index is 1.20. The number of aromatic nitrogens is 3. The second-order valence-electron chi connectivity index (χ2n) is 14.3. The Hall–Kier alpha value is -7.23. The molecule has 11 rings (SSSR count). The second-order valence-corrected chi connectivity index (χ2v) is 14.3. The molecule has 0 saturated carbocycles. The molecule has 1 aliphatic carbocycles. The van der Waals surface area contributed by atoms with Crippen LogP contribution in [-0.4, -0.2) is 15.0 Å². The minimum Gasteiger partial charge on any atom is -0.211 e. The summed E-state index contributed by atoms with van der Waals surface area (Å²) in [6.45, 7) is 0. The Kier molecular flexibility index (Phi) is 7.08. The molecule has 0 saturated heterocycles. The molecular formula is C52H33N3. The zero-order valence-electron chi connectivity index (χ0n) is 29.9. The zero-order valence-corrected chi connectivity index (χ0v) is 29.9. The Bertz CT molecular complexity index is 3030. The van der Waals surface area contributed by atoms with Crippen molar-refractivity contribution in [1.82, 2.24) is 15.0 Å². The predicted molar refractivity (Wildman–Crippen MR) is 226 cm³/mol. The normalized spacial score (nSPS) is 12.9. The van der Waals surface area contributed by atoms with E-state index < -0.39 is 5.41 Å². The minimum absolute atomic E-state index is 0.644. The summed E-state index contributed by atoms with van der Waals surface area (Å²) in [5.74, 6) is 1.99. The van der Waals surface area contributed by atoms with E-state index in [4.69, 9.17) is 15.0 Å². The number of benzene rings is 9. The maximum Gasteiger partial charge on any atom is 0.163 e. The van der Waals surface area contributed by atoms with Crippen molar-refractivity contribution in [2.24, 2.45) is 0 Å². The maximum absolute atomic E-state index is 5.55. The standard InChI is InChI=1S/C52H33N3/c1-3-13-34(14-4-1)35-25-29-40(30-26-35)52(47-21-11-9-19-44(47)45-20-10-12-22-48(45)52)51-54-49(38-16-5-2-6-17-38)53-50(55-51)39-24-23-37-28-31-42-41-18-8-7-15-36(41)27-32-43(42)46(37)33-39/h1-33H. The van der Waals surface area contributed by atoms with E-state index in [2.05, 4.69) is 182 Å². The van der Waals surface area contributed by atoms with Gasteiger partial charge in [-0.1, -0.05) is 194 Å². The number of fused-ring (bicyclic) bond motifs is 8. The van der Waals surface area contributed by atoms with Crippen molar-refractivity contribution in [1.29, 1.82) is 0 Å². The Morgan fingerprint density at radius 3 is 1.49 bits per heavy atom. The van der Waals surface area contributed by atoms with Crippen molar-refractivity contribution in [3.05, 3.63) is 223 Å². The van der Waals surface area contributed by atoms with Crippen LogP contribution in [0.2, 0.25) is 0 Å². The van der Waals surface area contributed by atoms with Gasteiger partial charge in [0.1, 0.15) is 5.41 Å². The topological polar surface area (TPSA) is 38.7 Å². The second kappa shape index (κ2) is 12.4. The largest absolute Gasteiger partial charge is 0.211 e. The first-order chi connectivity index (χ1) is 27.3. The lowest BCUT2D eigenvalue weighted by Crippen LogP contribution is -2.31. The molecule has 0 spiro atoms. The highest BCUT2D eigenvalue weighted by Gasteiger charge is 2.48. The minimum atomic E-state index is -0.800. The fraction of sp³-hybridized carbons (Fsp3) is 0.0192. The monoisotopic (exact) mass is 699 g/mol. The van der Waals surface area contributed by atoms with Gasteiger partial charge in [0, 0.05) is 11.1 Å². The smallest absolute Gasteiger partial charge is 0.163 e. The fourth-order valence-electron chi connectivity index (χ4n) is 8.81. The molecule has 3 nitrogen and oxygen atoms in total. The summed E-state index contributed by atoms with van der Waals surface area (Å²) in [4.78, 5) is 16.3. The molecule has 1 aliphatic rings. The van der Waals surface area contributed by atoms with E-state index in [0.717, 1.165) is 33.4 Å². The quantitative estimate of drug-likeness (QED) is 0.168. The van der Waals surface area contributed by atoms with Crippen molar-refractivity contribution in [2.75, 3.05) is 0 Å². The van der Waals surface area contributed by atoms with Gasteiger partial charge in [-0.15, -0.1) is 0 Å². The van der Waals surface area contributed by atoms with Crippen molar-refractivity contribution in [3.63, 3.8) is 0 Å². The molecule has 256 valence electrons. The van der Waals surface area contributed by atoms with Gasteiger partial charge >= 0.3 is 0 Å². The highest BCUT2D eigenvalue weighted by atomic mass is 15.0. The van der Waals surface area contributed by atoms with Gasteiger partial charge in [-0.3, -0.25) is 0 Å². The molecule has 0 aliphatic heterocycles. The zero-order chi connectivity index (χ0) is 36.3. The molecule has 9 aromatic carbocycles. The van der Waals surface area contributed by atoms with E-state index in [0.29, 0.717) is 17.5 Å². The van der Waals surface area contributed by atoms with E-state index in [1.54, 1.807) is 0 Å². The summed E-state index contributed by atoms with van der Waals surface area (Å²) < 4.78 is 0. The van der Waals surface area contributed by atoms with Crippen LogP contribution >= 0.6 is 0 Å². The predicted octanol–water partition coefficient (Wildman–Crippen LogP) is 12.7. The van der Waals surface area contributed by atoms with Crippen LogP contribution in [0, 0.1) is 0 Å². The summed E-state index contributed by atoms with van der Waals surface area (Å²) >= 11 is 0. The van der Waals surface area contributed by atoms with Gasteiger partial charge in [0.2, 0.25) is 0 Å². The van der Waals surface area contributed by atoms with Crippen molar-refractivity contribution in [3.8, 4) is 45.0 Å². The van der Waals surface area contributed by atoms with Gasteiger partial charge < -0.3 is 0 Å². The van der Waals surface area contributed by atoms with E-state index in [-0.39, 0.29) is 0 Å². The molecule has 0 bridgehead atoms. The summed E-state index contributed by atoms with van der Waals surface area (Å²) in [6, 6.07) is 71.5. The third-order valence-corrected chi connectivity index (χ3v) is 11.4. The molecular weight excluding hydrogens is 667 g/mol. The molecule has 1 heterocycles. The molecule has 0 atom stereocenters. The maximum atomic E-state index is 5.55. The average Bonchev–Trinajstić information content (AvgIpc) is 3.57. The molecule has 3 heteroatoms. The summed E-state index contributed by atoms with van der Waals surface area (Å²) in [5, 5.41) is 7.29. The van der Waals surface area contributed by atoms with Crippen molar-refractivity contribution in [2.45, 2.75) is 5.41 Å². The molecule has 0 amide bonds. The first kappa shape index (κ1) is 31.3. The van der Waals surface area contributed by atoms with Gasteiger partial charge in [0.15, 0.2) is 17.5 Å². The lowest BCUT2D eigenvalue weighted by Gasteiger charge is -2.32. The Morgan fingerprint density at radius 1 is 0.309 bits per heavy atom. The summed E-state index contributed by atoms with van der Waals surface area (Å²) in [7, 11) is 0. The van der Waals surface area contributed by atoms with Crippen LogP contribution in [-0.2, 0) is 5.41 Å². The van der Waals surface area contributed by atoms with Crippen LogP contribution in [0.4, 0.5) is 0 Å². The fourth-order valence-corrected chi connectivity index (χ4v) is 8.81. The van der Waals surface area contributed by atoms with E-state index in [1.807, 2.05) is 18.2 Å². The van der Waals surface area contributed by atoms with Crippen LogP contribution in [0.1, 0.15) is 22.5 Å². The third-order valence-electron chi connectivity index (χ3n) is 11.4. The van der Waals surface area contributed by atoms with Crippen LogP contribution < -0.4 is 0 Å². The lowest BCUT2D eigenvalue weighted by molar-refractivity contribution is 0.692. The average molecular weight is 700 g/mol. The van der Waals surface area contributed by atoms with Crippen LogP contribution in [0.15, 0.2) is 200 Å². The molecule has 0 unspecified atom stereocenters. The van der Waals surface area contributed by atoms with Crippen LogP contribution in [0.25, 0.3) is 77.3 Å². The number of nitrogens with zero attached hydrogens (tertiary/aromatic N) is 3. The molecule has 0 fully saturated rings. The lowest BCUT2D eigenvalue weighted by atomic mass is 9.71. The van der Waals surface area contributed by atoms with Gasteiger partial charge in [-0.05, 0) is 77.3 Å². The molecule has 0 radical (unpaired) electrons. The number of hydrogen-bond acceptors (Lipinski definition) is 3. The SMILES string of the molecule is c1ccc(-c2ccc(C3(c4nc(-c5ccccc5)nc(-c5ccc6ccc7c8ccccc8ccc7c6c5)n4)c4ccccc4-c4ccccc43)cc2)cc1. The van der Waals surface area contributed by atoms with Crippen molar-refractivity contribution < 1.29 is 0 Å². The van der Waals surface area contributed by atoms with Gasteiger partial charge in [0.25, 0.3) is 0 Å². The van der Waals surface area contributed by atoms with E-state index in [9.17, 15) is 0 Å². The van der Waals surface area contributed by atoms with Gasteiger partial charge in [0.05, 0.1) is 0 Å². The highest BCUT2D eigenvalue weighted by Crippen LogP contribution is 2.55. The van der Waals surface area contributed by atoms with E-state index >= 15 is 0 Å². The van der Waals surface area contributed by atoms with Crippen LogP contribution in [0.3, 0.4) is 0 Å². The molecule has 1 aromatic heterocycles. The van der Waals surface area contributed by atoms with Gasteiger partial charge in [-0.25, -0.2) is 15.0 Å². The molecule has 10 aromatic rings. The van der Waals surface area contributed by atoms with Gasteiger partial charge in [-0.2, -0.15) is 0 Å². The Morgan fingerprint density at radius 2 is 0.800 bits per heavy atom. The Labute approximate surface area is 319 Å². The third kappa shape index (κ3) is 4.87. The highest BCUT2D eigenvalue weighted by molar-refractivity contribution is 6.17. The molecule has 0 N–H and O–H groups in total. The first-order valence-electron chi connectivity index (χ1n) is 18.8. The van der Waals surface area contributed by atoms with Crippen LogP contribution in [0.5, 0.6) is 0 Å². The van der Waals surface area contributed by atoms with E-state index in [1.165, 1.54) is 49.0 Å². The summed E-state index contributed by atoms with van der Waals surface area (Å²) in [5.41, 5.74) is 9.26. The number of rotatable bonds is 5. The molecule has 55 heavy (non-hydrogen) atoms. The number of hydrogen-bond donors (Lipinski definition) is 0. The van der Waals surface area contributed by atoms with Crippen molar-refractivity contribution >= 4 is 32.3 Å².